The minimum absolute atomic E-state index is 0.0793. The number of hydrogen-bond donors (Lipinski definition) is 2. The van der Waals surface area contributed by atoms with Crippen LogP contribution in [0.15, 0.2) is 48.5 Å². The van der Waals surface area contributed by atoms with Gasteiger partial charge < -0.3 is 10.8 Å². The summed E-state index contributed by atoms with van der Waals surface area (Å²) in [7, 11) is 0. The quantitative estimate of drug-likeness (QED) is 0.898. The number of aliphatic carboxylic acids is 1. The van der Waals surface area contributed by atoms with Gasteiger partial charge >= 0.3 is 5.97 Å². The molecule has 98 valence electrons. The summed E-state index contributed by atoms with van der Waals surface area (Å²) >= 11 is 5.85. The van der Waals surface area contributed by atoms with Gasteiger partial charge in [-0.25, -0.2) is 0 Å². The largest absolute Gasteiger partial charge is 0.481 e. The van der Waals surface area contributed by atoms with Crippen LogP contribution in [-0.2, 0) is 4.79 Å². The van der Waals surface area contributed by atoms with Gasteiger partial charge in [0.25, 0.3) is 0 Å². The molecule has 0 saturated carbocycles. The first-order valence-electron chi connectivity index (χ1n) is 5.89. The Bertz CT molecular complexity index is 581. The fraction of sp³-hybridized carbons (Fsp3) is 0.133. The third-order valence-corrected chi connectivity index (χ3v) is 3.14. The van der Waals surface area contributed by atoms with E-state index in [-0.39, 0.29) is 6.42 Å². The van der Waals surface area contributed by atoms with Crippen LogP contribution >= 0.6 is 11.6 Å². The van der Waals surface area contributed by atoms with E-state index in [4.69, 9.17) is 22.4 Å². The molecule has 0 radical (unpaired) electrons. The highest BCUT2D eigenvalue weighted by Gasteiger charge is 2.11. The van der Waals surface area contributed by atoms with E-state index in [0.29, 0.717) is 5.02 Å². The third-order valence-electron chi connectivity index (χ3n) is 2.89. The average Bonchev–Trinajstić information content (AvgIpc) is 2.39. The molecule has 0 aliphatic carbocycles. The Morgan fingerprint density at radius 1 is 1.16 bits per heavy atom. The summed E-state index contributed by atoms with van der Waals surface area (Å²) in [5.74, 6) is -0.899. The minimum Gasteiger partial charge on any atom is -0.481 e. The summed E-state index contributed by atoms with van der Waals surface area (Å²) in [6, 6.07) is 14.6. The van der Waals surface area contributed by atoms with Gasteiger partial charge in [-0.1, -0.05) is 41.9 Å². The number of carbonyl (C=O) groups is 1. The van der Waals surface area contributed by atoms with E-state index in [2.05, 4.69) is 0 Å². The maximum atomic E-state index is 10.7. The number of rotatable bonds is 4. The SMILES string of the molecule is NC(CC(=O)O)c1cccc(-c2ccc(Cl)cc2)c1. The maximum Gasteiger partial charge on any atom is 0.305 e. The van der Waals surface area contributed by atoms with Crippen molar-refractivity contribution in [2.24, 2.45) is 5.73 Å². The standard InChI is InChI=1S/C15H14ClNO2/c16-13-6-4-10(5-7-13)11-2-1-3-12(8-11)14(17)9-15(18)19/h1-8,14H,9,17H2,(H,18,19). The summed E-state index contributed by atoms with van der Waals surface area (Å²) in [6.45, 7) is 0. The Labute approximate surface area is 116 Å². The van der Waals surface area contributed by atoms with Crippen LogP contribution in [0.4, 0.5) is 0 Å². The average molecular weight is 276 g/mol. The van der Waals surface area contributed by atoms with E-state index in [1.54, 1.807) is 0 Å². The smallest absolute Gasteiger partial charge is 0.305 e. The molecule has 0 aliphatic rings. The lowest BCUT2D eigenvalue weighted by molar-refractivity contribution is -0.137. The van der Waals surface area contributed by atoms with Gasteiger partial charge in [-0.2, -0.15) is 0 Å². The number of nitrogens with two attached hydrogens (primary N) is 1. The maximum absolute atomic E-state index is 10.7. The lowest BCUT2D eigenvalue weighted by Crippen LogP contribution is -2.14. The molecule has 0 heterocycles. The van der Waals surface area contributed by atoms with Gasteiger partial charge in [0.05, 0.1) is 6.42 Å². The van der Waals surface area contributed by atoms with Gasteiger partial charge in [-0.15, -0.1) is 0 Å². The zero-order valence-electron chi connectivity index (χ0n) is 10.2. The van der Waals surface area contributed by atoms with Gasteiger partial charge in [0.2, 0.25) is 0 Å². The molecule has 4 heteroatoms. The predicted octanol–water partition coefficient (Wildman–Crippen LogP) is 3.48. The van der Waals surface area contributed by atoms with Crippen LogP contribution in [0.5, 0.6) is 0 Å². The van der Waals surface area contributed by atoms with Crippen LogP contribution in [0.1, 0.15) is 18.0 Å². The highest BCUT2D eigenvalue weighted by Crippen LogP contribution is 2.25. The van der Waals surface area contributed by atoms with Crippen molar-refractivity contribution in [3.8, 4) is 11.1 Å². The number of carboxylic acids is 1. The number of carboxylic acid groups (broad SMARTS) is 1. The molecule has 0 saturated heterocycles. The zero-order chi connectivity index (χ0) is 13.8. The molecule has 19 heavy (non-hydrogen) atoms. The first-order valence-corrected chi connectivity index (χ1v) is 6.27. The predicted molar refractivity (Wildman–Crippen MR) is 76.1 cm³/mol. The van der Waals surface area contributed by atoms with E-state index in [1.807, 2.05) is 48.5 Å². The monoisotopic (exact) mass is 275 g/mol. The molecule has 0 amide bonds. The zero-order valence-corrected chi connectivity index (χ0v) is 11.0. The molecule has 3 N–H and O–H groups in total. The van der Waals surface area contributed by atoms with E-state index in [1.165, 1.54) is 0 Å². The van der Waals surface area contributed by atoms with Crippen molar-refractivity contribution in [3.05, 3.63) is 59.1 Å². The summed E-state index contributed by atoms with van der Waals surface area (Å²) in [4.78, 5) is 10.7. The van der Waals surface area contributed by atoms with Crippen LogP contribution in [0, 0.1) is 0 Å². The lowest BCUT2D eigenvalue weighted by atomic mass is 9.98. The van der Waals surface area contributed by atoms with Gasteiger partial charge in [0, 0.05) is 11.1 Å². The normalized spacial score (nSPS) is 12.1. The van der Waals surface area contributed by atoms with Gasteiger partial charge in [0.1, 0.15) is 0 Å². The highest BCUT2D eigenvalue weighted by molar-refractivity contribution is 6.30. The number of benzene rings is 2. The van der Waals surface area contributed by atoms with Crippen LogP contribution in [-0.4, -0.2) is 11.1 Å². The van der Waals surface area contributed by atoms with Crippen LogP contribution in [0.25, 0.3) is 11.1 Å². The Hall–Kier alpha value is -1.84. The molecule has 0 bridgehead atoms. The summed E-state index contributed by atoms with van der Waals surface area (Å²) in [5, 5.41) is 9.45. The fourth-order valence-corrected chi connectivity index (χ4v) is 2.02. The Morgan fingerprint density at radius 3 is 2.47 bits per heavy atom. The molecule has 0 spiro atoms. The highest BCUT2D eigenvalue weighted by atomic mass is 35.5. The molecule has 0 aliphatic heterocycles. The molecule has 2 aromatic carbocycles. The Morgan fingerprint density at radius 2 is 1.84 bits per heavy atom. The van der Waals surface area contributed by atoms with Gasteiger partial charge in [-0.05, 0) is 34.9 Å². The molecule has 1 unspecified atom stereocenters. The number of hydrogen-bond acceptors (Lipinski definition) is 2. The second-order valence-electron chi connectivity index (χ2n) is 4.34. The van der Waals surface area contributed by atoms with Gasteiger partial charge in [-0.3, -0.25) is 4.79 Å². The molecule has 0 aromatic heterocycles. The summed E-state index contributed by atoms with van der Waals surface area (Å²) < 4.78 is 0. The van der Waals surface area contributed by atoms with Crippen molar-refractivity contribution in [3.63, 3.8) is 0 Å². The van der Waals surface area contributed by atoms with E-state index >= 15 is 0 Å². The fourth-order valence-electron chi connectivity index (χ4n) is 1.90. The molecule has 2 rings (SSSR count). The molecular weight excluding hydrogens is 262 g/mol. The molecule has 2 aromatic rings. The van der Waals surface area contributed by atoms with E-state index in [9.17, 15) is 4.79 Å². The Kier molecular flexibility index (Phi) is 4.20. The van der Waals surface area contributed by atoms with Gasteiger partial charge in [0.15, 0.2) is 0 Å². The van der Waals surface area contributed by atoms with Crippen molar-refractivity contribution in [1.29, 1.82) is 0 Å². The van der Waals surface area contributed by atoms with Crippen LogP contribution < -0.4 is 5.73 Å². The van der Waals surface area contributed by atoms with Crippen molar-refractivity contribution < 1.29 is 9.90 Å². The van der Waals surface area contributed by atoms with Crippen molar-refractivity contribution in [2.75, 3.05) is 0 Å². The lowest BCUT2D eigenvalue weighted by Gasteiger charge is -2.11. The second kappa shape index (κ2) is 5.87. The number of halogens is 1. The van der Waals surface area contributed by atoms with E-state index in [0.717, 1.165) is 16.7 Å². The molecule has 1 atom stereocenters. The Balaban J connectivity index is 2.28. The van der Waals surface area contributed by atoms with Crippen molar-refractivity contribution in [1.82, 2.24) is 0 Å². The second-order valence-corrected chi connectivity index (χ2v) is 4.77. The first kappa shape index (κ1) is 13.6. The topological polar surface area (TPSA) is 63.3 Å². The summed E-state index contributed by atoms with van der Waals surface area (Å²) in [5.41, 5.74) is 8.70. The molecule has 3 nitrogen and oxygen atoms in total. The van der Waals surface area contributed by atoms with E-state index < -0.39 is 12.0 Å². The molecular formula is C15H14ClNO2. The first-order chi connectivity index (χ1) is 9.06. The van der Waals surface area contributed by atoms with Crippen molar-refractivity contribution >= 4 is 17.6 Å². The molecule has 0 fully saturated rings. The van der Waals surface area contributed by atoms with Crippen molar-refractivity contribution in [2.45, 2.75) is 12.5 Å². The third kappa shape index (κ3) is 3.56. The minimum atomic E-state index is -0.899. The van der Waals surface area contributed by atoms with Crippen LogP contribution in [0.2, 0.25) is 5.02 Å². The van der Waals surface area contributed by atoms with Crippen LogP contribution in [0.3, 0.4) is 0 Å². The summed E-state index contributed by atoms with van der Waals surface area (Å²) in [6.07, 6.45) is -0.0793.